The largest absolute Gasteiger partial charge is 0.493 e. The minimum atomic E-state index is -0.520. The summed E-state index contributed by atoms with van der Waals surface area (Å²) in [5.41, 5.74) is 1.90. The predicted molar refractivity (Wildman–Crippen MR) is 100 cm³/mol. The lowest BCUT2D eigenvalue weighted by Gasteiger charge is -2.28. The molecule has 0 saturated carbocycles. The molecule has 0 heterocycles. The third-order valence-corrected chi connectivity index (χ3v) is 4.65. The maximum atomic E-state index is 12.3. The van der Waals surface area contributed by atoms with E-state index < -0.39 is 5.54 Å². The molecule has 0 fully saturated rings. The number of carbonyl (C=O) groups excluding carboxylic acids is 1. The lowest BCUT2D eigenvalue weighted by molar-refractivity contribution is 0.230. The molecule has 1 aliphatic carbocycles. The Morgan fingerprint density at radius 2 is 1.92 bits per heavy atom. The van der Waals surface area contributed by atoms with Crippen molar-refractivity contribution in [2.75, 3.05) is 20.8 Å². The summed E-state index contributed by atoms with van der Waals surface area (Å²) < 4.78 is 10.6. The Morgan fingerprint density at radius 3 is 2.56 bits per heavy atom. The van der Waals surface area contributed by atoms with Gasteiger partial charge in [-0.05, 0) is 63.6 Å². The maximum absolute atomic E-state index is 12.3. The van der Waals surface area contributed by atoms with Crippen LogP contribution < -0.4 is 20.1 Å². The fourth-order valence-corrected chi connectivity index (χ4v) is 3.09. The summed E-state index contributed by atoms with van der Waals surface area (Å²) in [5.74, 6) is 1.33. The second-order valence-corrected chi connectivity index (χ2v) is 6.93. The minimum absolute atomic E-state index is 0.156. The van der Waals surface area contributed by atoms with Gasteiger partial charge in [-0.1, -0.05) is 17.7 Å². The average Bonchev–Trinajstić information content (AvgIpc) is 2.61. The molecule has 138 valence electrons. The number of rotatable bonds is 7. The van der Waals surface area contributed by atoms with E-state index in [1.807, 2.05) is 32.0 Å². The number of urea groups is 1. The number of hydrogen-bond donors (Lipinski definition) is 2. The lowest BCUT2D eigenvalue weighted by atomic mass is 9.94. The quantitative estimate of drug-likeness (QED) is 0.730. The van der Waals surface area contributed by atoms with Gasteiger partial charge >= 0.3 is 6.03 Å². The molecule has 0 aromatic heterocycles. The fourth-order valence-electron chi connectivity index (χ4n) is 3.09. The highest BCUT2D eigenvalue weighted by Crippen LogP contribution is 2.32. The van der Waals surface area contributed by atoms with E-state index in [1.54, 1.807) is 14.2 Å². The highest BCUT2D eigenvalue weighted by atomic mass is 16.5. The van der Waals surface area contributed by atoms with E-state index in [0.29, 0.717) is 18.0 Å². The molecule has 1 aromatic rings. The Morgan fingerprint density at radius 1 is 1.16 bits per heavy atom. The van der Waals surface area contributed by atoms with Crippen molar-refractivity contribution in [1.29, 1.82) is 0 Å². The van der Waals surface area contributed by atoms with E-state index in [1.165, 1.54) is 31.3 Å². The molecular weight excluding hydrogens is 316 g/mol. The van der Waals surface area contributed by atoms with Crippen LogP contribution in [0.5, 0.6) is 11.5 Å². The minimum Gasteiger partial charge on any atom is -0.493 e. The van der Waals surface area contributed by atoms with E-state index >= 15 is 0 Å². The molecular formula is C20H30N2O3. The van der Waals surface area contributed by atoms with Crippen molar-refractivity contribution in [2.24, 2.45) is 0 Å². The van der Waals surface area contributed by atoms with Crippen molar-refractivity contribution in [3.05, 3.63) is 35.4 Å². The molecule has 0 atom stereocenters. The molecule has 2 amide bonds. The van der Waals surface area contributed by atoms with Crippen molar-refractivity contribution in [2.45, 2.75) is 51.5 Å². The number of ether oxygens (including phenoxy) is 2. The second kappa shape index (κ2) is 8.79. The number of nitrogens with one attached hydrogen (secondary N) is 2. The number of carbonyl (C=O) groups is 1. The number of benzene rings is 1. The van der Waals surface area contributed by atoms with Gasteiger partial charge in [0.15, 0.2) is 11.5 Å². The average molecular weight is 346 g/mol. The van der Waals surface area contributed by atoms with Gasteiger partial charge in [-0.2, -0.15) is 0 Å². The molecule has 1 aliphatic rings. The van der Waals surface area contributed by atoms with Crippen LogP contribution >= 0.6 is 0 Å². The van der Waals surface area contributed by atoms with Crippen LogP contribution in [-0.4, -0.2) is 26.8 Å². The van der Waals surface area contributed by atoms with Gasteiger partial charge in [0.05, 0.1) is 19.8 Å². The number of methoxy groups -OCH3 is 2. The highest BCUT2D eigenvalue weighted by molar-refractivity contribution is 5.75. The first-order valence-electron chi connectivity index (χ1n) is 8.92. The van der Waals surface area contributed by atoms with Gasteiger partial charge in [-0.15, -0.1) is 0 Å². The first kappa shape index (κ1) is 19.2. The molecule has 0 spiro atoms. The molecule has 2 rings (SSSR count). The second-order valence-electron chi connectivity index (χ2n) is 6.93. The molecule has 0 unspecified atom stereocenters. The van der Waals surface area contributed by atoms with Crippen LogP contribution in [0, 0.1) is 0 Å². The zero-order chi connectivity index (χ0) is 18.3. The summed E-state index contributed by atoms with van der Waals surface area (Å²) in [4.78, 5) is 12.3. The van der Waals surface area contributed by atoms with Crippen LogP contribution in [0.1, 0.15) is 51.5 Å². The van der Waals surface area contributed by atoms with Gasteiger partial charge in [-0.25, -0.2) is 4.79 Å². The van der Waals surface area contributed by atoms with Crippen LogP contribution in [0.2, 0.25) is 0 Å². The fraction of sp³-hybridized carbons (Fsp3) is 0.550. The van der Waals surface area contributed by atoms with Crippen molar-refractivity contribution in [1.82, 2.24) is 10.6 Å². The Balaban J connectivity index is 1.90. The van der Waals surface area contributed by atoms with Crippen LogP contribution in [0.4, 0.5) is 4.79 Å². The van der Waals surface area contributed by atoms with Gasteiger partial charge in [0, 0.05) is 6.54 Å². The first-order valence-corrected chi connectivity index (χ1v) is 8.92. The van der Waals surface area contributed by atoms with E-state index in [2.05, 4.69) is 16.7 Å². The molecule has 0 saturated heterocycles. The molecule has 1 aromatic carbocycles. The molecule has 0 radical (unpaired) electrons. The van der Waals surface area contributed by atoms with Crippen molar-refractivity contribution in [3.8, 4) is 11.5 Å². The predicted octanol–water partition coefficient (Wildman–Crippen LogP) is 4.13. The molecule has 0 bridgehead atoms. The summed E-state index contributed by atoms with van der Waals surface area (Å²) >= 11 is 0. The summed E-state index contributed by atoms with van der Waals surface area (Å²) in [6, 6.07) is 5.53. The number of hydrogen-bond acceptors (Lipinski definition) is 3. The molecule has 2 N–H and O–H groups in total. The third kappa shape index (κ3) is 5.41. The van der Waals surface area contributed by atoms with Gasteiger partial charge < -0.3 is 20.1 Å². The third-order valence-electron chi connectivity index (χ3n) is 4.65. The lowest BCUT2D eigenvalue weighted by Crippen LogP contribution is -2.46. The van der Waals surface area contributed by atoms with Crippen molar-refractivity contribution >= 4 is 6.03 Å². The maximum Gasteiger partial charge on any atom is 0.315 e. The van der Waals surface area contributed by atoms with Gasteiger partial charge in [0.2, 0.25) is 0 Å². The smallest absolute Gasteiger partial charge is 0.315 e. The van der Waals surface area contributed by atoms with E-state index in [4.69, 9.17) is 9.47 Å². The van der Waals surface area contributed by atoms with Crippen LogP contribution in [-0.2, 0) is 5.54 Å². The first-order chi connectivity index (χ1) is 12.0. The Kier molecular flexibility index (Phi) is 6.73. The monoisotopic (exact) mass is 346 g/mol. The molecule has 5 nitrogen and oxygen atoms in total. The summed E-state index contributed by atoms with van der Waals surface area (Å²) in [7, 11) is 3.21. The topological polar surface area (TPSA) is 59.6 Å². The highest BCUT2D eigenvalue weighted by Gasteiger charge is 2.24. The number of amides is 2. The summed E-state index contributed by atoms with van der Waals surface area (Å²) in [5, 5.41) is 5.99. The zero-order valence-corrected chi connectivity index (χ0v) is 15.8. The molecule has 5 heteroatoms. The molecule has 0 aliphatic heterocycles. The molecule has 25 heavy (non-hydrogen) atoms. The number of allylic oxidation sites excluding steroid dienone is 1. The van der Waals surface area contributed by atoms with Crippen molar-refractivity contribution < 1.29 is 14.3 Å². The summed E-state index contributed by atoms with van der Waals surface area (Å²) in [6.45, 7) is 4.61. The van der Waals surface area contributed by atoms with Gasteiger partial charge in [-0.3, -0.25) is 0 Å². The summed E-state index contributed by atoms with van der Waals surface area (Å²) in [6.07, 6.45) is 8.15. The Labute approximate surface area is 150 Å². The van der Waals surface area contributed by atoms with Crippen molar-refractivity contribution in [3.63, 3.8) is 0 Å². The van der Waals surface area contributed by atoms with Gasteiger partial charge in [0.25, 0.3) is 0 Å². The zero-order valence-electron chi connectivity index (χ0n) is 15.8. The van der Waals surface area contributed by atoms with E-state index in [-0.39, 0.29) is 6.03 Å². The van der Waals surface area contributed by atoms with Gasteiger partial charge in [0.1, 0.15) is 0 Å². The van der Waals surface area contributed by atoms with Crippen LogP contribution in [0.3, 0.4) is 0 Å². The Hall–Kier alpha value is -2.17. The standard InChI is InChI=1S/C20H30N2O3/c1-20(2,16-10-11-17(24-3)18(14-16)25-4)22-19(23)21-13-12-15-8-6-5-7-9-15/h8,10-11,14H,5-7,9,12-13H2,1-4H3,(H2,21,22,23). The van der Waals surface area contributed by atoms with E-state index in [9.17, 15) is 4.79 Å². The van der Waals surface area contributed by atoms with Crippen LogP contribution in [0.15, 0.2) is 29.8 Å². The normalized spacial score (nSPS) is 14.5. The van der Waals surface area contributed by atoms with E-state index in [0.717, 1.165) is 12.0 Å². The van der Waals surface area contributed by atoms with Crippen LogP contribution in [0.25, 0.3) is 0 Å². The SMILES string of the molecule is COc1ccc(C(C)(C)NC(=O)NCCC2=CCCCC2)cc1OC. The Bertz CT molecular complexity index is 623.